The Morgan fingerprint density at radius 2 is 1.61 bits per heavy atom. The van der Waals surface area contributed by atoms with Crippen LogP contribution in [0.5, 0.6) is 0 Å². The molecule has 0 radical (unpaired) electrons. The Kier molecular flexibility index (Phi) is 5.73. The van der Waals surface area contributed by atoms with Crippen molar-refractivity contribution in [3.05, 3.63) is 73.8 Å². The van der Waals surface area contributed by atoms with Crippen LogP contribution in [0.3, 0.4) is 0 Å². The fourth-order valence-electron chi connectivity index (χ4n) is 2.33. The molecule has 0 aliphatic rings. The van der Waals surface area contributed by atoms with Crippen molar-refractivity contribution in [3.63, 3.8) is 0 Å². The van der Waals surface area contributed by atoms with E-state index in [4.69, 9.17) is 0 Å². The first kappa shape index (κ1) is 20.5. The number of hydrogen-bond acceptors (Lipinski definition) is 6. The first-order valence-electron chi connectivity index (χ1n) is 8.15. The van der Waals surface area contributed by atoms with Crippen LogP contribution in [0.15, 0.2) is 42.5 Å². The lowest BCUT2D eigenvalue weighted by molar-refractivity contribution is -0.394. The molecule has 0 bridgehead atoms. The molecule has 0 saturated heterocycles. The Bertz CT molecular complexity index is 965. The van der Waals surface area contributed by atoms with E-state index in [1.807, 2.05) is 20.8 Å². The van der Waals surface area contributed by atoms with E-state index in [1.54, 1.807) is 12.1 Å². The van der Waals surface area contributed by atoms with Crippen molar-refractivity contribution in [1.29, 1.82) is 0 Å². The maximum atomic E-state index is 12.4. The highest BCUT2D eigenvalue weighted by Gasteiger charge is 2.24. The number of carbonyl (C=O) groups is 2. The summed E-state index contributed by atoms with van der Waals surface area (Å²) in [5.41, 5.74) is -1.42. The van der Waals surface area contributed by atoms with Gasteiger partial charge in [-0.2, -0.15) is 0 Å². The van der Waals surface area contributed by atoms with Crippen LogP contribution in [-0.2, 0) is 0 Å². The number of benzene rings is 2. The summed E-state index contributed by atoms with van der Waals surface area (Å²) in [7, 11) is 0. The molecule has 0 spiro atoms. The van der Waals surface area contributed by atoms with Gasteiger partial charge in [0.15, 0.2) is 0 Å². The number of non-ortho nitro benzene ring substituents is 1. The predicted octanol–water partition coefficient (Wildman–Crippen LogP) is 3.28. The monoisotopic (exact) mass is 386 g/mol. The lowest BCUT2D eigenvalue weighted by Gasteiger charge is -2.20. The SMILES string of the molecule is CC(C)(C)NC(=O)c1cccc(NC(=O)c2ccc([N+](=O)[O-])cc2[N+](=O)[O-])c1. The van der Waals surface area contributed by atoms with E-state index < -0.39 is 32.7 Å². The van der Waals surface area contributed by atoms with Crippen LogP contribution >= 0.6 is 0 Å². The van der Waals surface area contributed by atoms with Gasteiger partial charge in [0.25, 0.3) is 23.2 Å². The van der Waals surface area contributed by atoms with E-state index in [2.05, 4.69) is 10.6 Å². The van der Waals surface area contributed by atoms with Crippen molar-refractivity contribution in [2.24, 2.45) is 0 Å². The molecule has 2 aromatic rings. The molecule has 0 atom stereocenters. The molecule has 0 aromatic heterocycles. The second-order valence-corrected chi connectivity index (χ2v) is 6.95. The molecule has 2 N–H and O–H groups in total. The zero-order chi connectivity index (χ0) is 21.1. The summed E-state index contributed by atoms with van der Waals surface area (Å²) < 4.78 is 0. The van der Waals surface area contributed by atoms with Gasteiger partial charge in [-0.1, -0.05) is 6.07 Å². The zero-order valence-electron chi connectivity index (χ0n) is 15.4. The van der Waals surface area contributed by atoms with Crippen molar-refractivity contribution in [3.8, 4) is 0 Å². The van der Waals surface area contributed by atoms with Crippen molar-refractivity contribution >= 4 is 28.9 Å². The summed E-state index contributed by atoms with van der Waals surface area (Å²) in [6.45, 7) is 5.47. The number of nitrogens with zero attached hydrogens (tertiary/aromatic N) is 2. The number of carbonyl (C=O) groups excluding carboxylic acids is 2. The fourth-order valence-corrected chi connectivity index (χ4v) is 2.33. The van der Waals surface area contributed by atoms with Gasteiger partial charge >= 0.3 is 0 Å². The summed E-state index contributed by atoms with van der Waals surface area (Å²) in [5, 5.41) is 27.2. The van der Waals surface area contributed by atoms with Crippen LogP contribution in [0.2, 0.25) is 0 Å². The highest BCUT2D eigenvalue weighted by molar-refractivity contribution is 6.07. The van der Waals surface area contributed by atoms with Crippen LogP contribution < -0.4 is 10.6 Å². The molecule has 0 aliphatic carbocycles. The van der Waals surface area contributed by atoms with Crippen LogP contribution in [0.25, 0.3) is 0 Å². The predicted molar refractivity (Wildman–Crippen MR) is 101 cm³/mol. The molecule has 2 rings (SSSR count). The van der Waals surface area contributed by atoms with Crippen LogP contribution in [-0.4, -0.2) is 27.2 Å². The second kappa shape index (κ2) is 7.82. The molecule has 0 aliphatic heterocycles. The Balaban J connectivity index is 2.28. The van der Waals surface area contributed by atoms with E-state index in [0.29, 0.717) is 5.56 Å². The second-order valence-electron chi connectivity index (χ2n) is 6.95. The van der Waals surface area contributed by atoms with Crippen LogP contribution in [0.1, 0.15) is 41.5 Å². The maximum absolute atomic E-state index is 12.4. The number of hydrogen-bond donors (Lipinski definition) is 2. The molecule has 0 heterocycles. The average molecular weight is 386 g/mol. The fraction of sp³-hybridized carbons (Fsp3) is 0.222. The van der Waals surface area contributed by atoms with E-state index in [1.165, 1.54) is 12.1 Å². The number of nitrogens with one attached hydrogen (secondary N) is 2. The molecular weight excluding hydrogens is 368 g/mol. The normalized spacial score (nSPS) is 10.8. The standard InChI is InChI=1S/C18H18N4O6/c1-18(2,3)20-16(23)11-5-4-6-12(9-11)19-17(24)14-8-7-13(21(25)26)10-15(14)22(27)28/h4-10H,1-3H3,(H,19,24)(H,20,23). The summed E-state index contributed by atoms with van der Waals surface area (Å²) in [5.74, 6) is -1.17. The number of nitro benzene ring substituents is 2. The number of nitro groups is 2. The van der Waals surface area contributed by atoms with Crippen molar-refractivity contribution in [2.75, 3.05) is 5.32 Å². The van der Waals surface area contributed by atoms with Gasteiger partial charge < -0.3 is 10.6 Å². The summed E-state index contributed by atoms with van der Waals surface area (Å²) in [4.78, 5) is 45.0. The Morgan fingerprint density at radius 1 is 0.929 bits per heavy atom. The number of rotatable bonds is 5. The zero-order valence-corrected chi connectivity index (χ0v) is 15.4. The molecule has 2 aromatic carbocycles. The minimum absolute atomic E-state index is 0.249. The molecule has 10 nitrogen and oxygen atoms in total. The summed E-state index contributed by atoms with van der Waals surface area (Å²) in [6.07, 6.45) is 0. The third-order valence-electron chi connectivity index (χ3n) is 3.50. The van der Waals surface area contributed by atoms with Gasteiger partial charge in [0.1, 0.15) is 5.56 Å². The largest absolute Gasteiger partial charge is 0.347 e. The van der Waals surface area contributed by atoms with Gasteiger partial charge in [-0.05, 0) is 45.0 Å². The Labute approximate surface area is 159 Å². The molecule has 146 valence electrons. The third kappa shape index (κ3) is 5.10. The van der Waals surface area contributed by atoms with Gasteiger partial charge in [0, 0.05) is 22.9 Å². The molecule has 0 unspecified atom stereocenters. The first-order chi connectivity index (χ1) is 13.0. The Morgan fingerprint density at radius 3 is 2.18 bits per heavy atom. The average Bonchev–Trinajstić information content (AvgIpc) is 2.59. The molecular formula is C18H18N4O6. The number of amides is 2. The summed E-state index contributed by atoms with van der Waals surface area (Å²) >= 11 is 0. The first-order valence-corrected chi connectivity index (χ1v) is 8.15. The quantitative estimate of drug-likeness (QED) is 0.596. The summed E-state index contributed by atoms with van der Waals surface area (Å²) in [6, 6.07) is 8.81. The third-order valence-corrected chi connectivity index (χ3v) is 3.50. The highest BCUT2D eigenvalue weighted by Crippen LogP contribution is 2.25. The van der Waals surface area contributed by atoms with Crippen molar-refractivity contribution < 1.29 is 19.4 Å². The van der Waals surface area contributed by atoms with E-state index in [0.717, 1.165) is 18.2 Å². The molecule has 0 fully saturated rings. The van der Waals surface area contributed by atoms with Crippen molar-refractivity contribution in [2.45, 2.75) is 26.3 Å². The van der Waals surface area contributed by atoms with Crippen LogP contribution in [0.4, 0.5) is 17.1 Å². The maximum Gasteiger partial charge on any atom is 0.289 e. The lowest BCUT2D eigenvalue weighted by Crippen LogP contribution is -2.40. The van der Waals surface area contributed by atoms with Gasteiger partial charge in [0.05, 0.1) is 15.9 Å². The molecule has 0 saturated carbocycles. The van der Waals surface area contributed by atoms with Crippen LogP contribution in [0, 0.1) is 20.2 Å². The van der Waals surface area contributed by atoms with Gasteiger partial charge in [-0.15, -0.1) is 0 Å². The molecule has 2 amide bonds. The highest BCUT2D eigenvalue weighted by atomic mass is 16.6. The molecule has 10 heteroatoms. The van der Waals surface area contributed by atoms with E-state index >= 15 is 0 Å². The minimum atomic E-state index is -0.866. The van der Waals surface area contributed by atoms with Crippen molar-refractivity contribution in [1.82, 2.24) is 5.32 Å². The Hall–Kier alpha value is -3.82. The van der Waals surface area contributed by atoms with Gasteiger partial charge in [0.2, 0.25) is 0 Å². The van der Waals surface area contributed by atoms with E-state index in [-0.39, 0.29) is 17.2 Å². The van der Waals surface area contributed by atoms with E-state index in [9.17, 15) is 29.8 Å². The topological polar surface area (TPSA) is 144 Å². The smallest absolute Gasteiger partial charge is 0.289 e. The minimum Gasteiger partial charge on any atom is -0.347 e. The lowest BCUT2D eigenvalue weighted by atomic mass is 10.1. The molecule has 28 heavy (non-hydrogen) atoms. The van der Waals surface area contributed by atoms with Gasteiger partial charge in [-0.25, -0.2) is 0 Å². The number of anilines is 1. The van der Waals surface area contributed by atoms with Gasteiger partial charge in [-0.3, -0.25) is 29.8 Å².